The first kappa shape index (κ1) is 15.0. The second-order valence-electron chi connectivity index (χ2n) is 5.52. The molecule has 0 aliphatic carbocycles. The van der Waals surface area contributed by atoms with Crippen molar-refractivity contribution in [1.29, 1.82) is 0 Å². The summed E-state index contributed by atoms with van der Waals surface area (Å²) in [6.45, 7) is 4.27. The second kappa shape index (κ2) is 6.86. The number of methoxy groups -OCH3 is 1. The Morgan fingerprint density at radius 2 is 2.20 bits per heavy atom. The Balaban J connectivity index is 1.93. The first-order chi connectivity index (χ1) is 9.64. The molecule has 0 saturated carbocycles. The molecule has 0 spiro atoms. The minimum Gasteiger partial charge on any atom is -0.469 e. The van der Waals surface area contributed by atoms with Crippen molar-refractivity contribution in [3.8, 4) is 0 Å². The van der Waals surface area contributed by atoms with Gasteiger partial charge in [0, 0.05) is 19.7 Å². The van der Waals surface area contributed by atoms with Crippen molar-refractivity contribution in [1.82, 2.24) is 5.32 Å². The largest absolute Gasteiger partial charge is 0.469 e. The van der Waals surface area contributed by atoms with E-state index in [0.717, 1.165) is 31.6 Å². The molecule has 1 aromatic rings. The fourth-order valence-electron chi connectivity index (χ4n) is 2.62. The quantitative estimate of drug-likeness (QED) is 0.809. The van der Waals surface area contributed by atoms with Crippen LogP contribution in [0.2, 0.25) is 0 Å². The van der Waals surface area contributed by atoms with Crippen molar-refractivity contribution in [2.24, 2.45) is 0 Å². The SMILES string of the molecule is COC(=O)C(CNCC1(C)CCCO1)c1ccccc1. The van der Waals surface area contributed by atoms with Crippen LogP contribution in [-0.2, 0) is 14.3 Å². The minimum absolute atomic E-state index is 0.0998. The molecular formula is C16H23NO3. The van der Waals surface area contributed by atoms with Crippen LogP contribution in [-0.4, -0.2) is 38.4 Å². The van der Waals surface area contributed by atoms with Crippen LogP contribution in [0, 0.1) is 0 Å². The van der Waals surface area contributed by atoms with Gasteiger partial charge in [-0.3, -0.25) is 4.79 Å². The van der Waals surface area contributed by atoms with E-state index in [-0.39, 0.29) is 17.5 Å². The molecule has 2 atom stereocenters. The molecule has 20 heavy (non-hydrogen) atoms. The lowest BCUT2D eigenvalue weighted by molar-refractivity contribution is -0.142. The molecule has 1 aliphatic rings. The normalized spacial score (nSPS) is 23.5. The van der Waals surface area contributed by atoms with Gasteiger partial charge in [-0.1, -0.05) is 30.3 Å². The van der Waals surface area contributed by atoms with E-state index in [9.17, 15) is 4.79 Å². The molecule has 0 aromatic heterocycles. The van der Waals surface area contributed by atoms with Gasteiger partial charge in [-0.05, 0) is 25.3 Å². The molecule has 1 N–H and O–H groups in total. The Kier molecular flexibility index (Phi) is 5.15. The molecule has 0 radical (unpaired) electrons. The van der Waals surface area contributed by atoms with Crippen LogP contribution in [0.1, 0.15) is 31.2 Å². The highest BCUT2D eigenvalue weighted by molar-refractivity contribution is 5.78. The lowest BCUT2D eigenvalue weighted by Crippen LogP contribution is -2.40. The topological polar surface area (TPSA) is 47.6 Å². The molecule has 2 rings (SSSR count). The van der Waals surface area contributed by atoms with Crippen molar-refractivity contribution in [2.45, 2.75) is 31.3 Å². The maximum Gasteiger partial charge on any atom is 0.314 e. The predicted molar refractivity (Wildman–Crippen MR) is 77.7 cm³/mol. The van der Waals surface area contributed by atoms with E-state index in [1.807, 2.05) is 30.3 Å². The van der Waals surface area contributed by atoms with Gasteiger partial charge < -0.3 is 14.8 Å². The van der Waals surface area contributed by atoms with Crippen molar-refractivity contribution >= 4 is 5.97 Å². The standard InChI is InChI=1S/C16H23NO3/c1-16(9-6-10-20-16)12-17-11-14(15(18)19-2)13-7-4-3-5-8-13/h3-5,7-8,14,17H,6,9-12H2,1-2H3. The van der Waals surface area contributed by atoms with E-state index in [1.165, 1.54) is 7.11 Å². The van der Waals surface area contributed by atoms with Gasteiger partial charge in [-0.2, -0.15) is 0 Å². The Bertz CT molecular complexity index is 427. The van der Waals surface area contributed by atoms with Crippen LogP contribution >= 0.6 is 0 Å². The third-order valence-corrected chi connectivity index (χ3v) is 3.84. The summed E-state index contributed by atoms with van der Waals surface area (Å²) in [7, 11) is 1.43. The van der Waals surface area contributed by atoms with Crippen LogP contribution in [0.5, 0.6) is 0 Å². The Morgan fingerprint density at radius 3 is 2.80 bits per heavy atom. The van der Waals surface area contributed by atoms with E-state index in [2.05, 4.69) is 12.2 Å². The van der Waals surface area contributed by atoms with E-state index >= 15 is 0 Å². The van der Waals surface area contributed by atoms with Crippen LogP contribution in [0.25, 0.3) is 0 Å². The Hall–Kier alpha value is -1.39. The van der Waals surface area contributed by atoms with Gasteiger partial charge in [-0.15, -0.1) is 0 Å². The lowest BCUT2D eigenvalue weighted by Gasteiger charge is -2.25. The molecule has 1 fully saturated rings. The van der Waals surface area contributed by atoms with Gasteiger partial charge in [-0.25, -0.2) is 0 Å². The fourth-order valence-corrected chi connectivity index (χ4v) is 2.62. The van der Waals surface area contributed by atoms with Gasteiger partial charge in [0.2, 0.25) is 0 Å². The summed E-state index contributed by atoms with van der Waals surface area (Å²) in [4.78, 5) is 11.9. The molecule has 0 bridgehead atoms. The number of carbonyl (C=O) groups excluding carboxylic acids is 1. The average molecular weight is 277 g/mol. The zero-order chi connectivity index (χ0) is 14.4. The highest BCUT2D eigenvalue weighted by Gasteiger charge is 2.30. The van der Waals surface area contributed by atoms with Crippen molar-refractivity contribution in [2.75, 3.05) is 26.8 Å². The molecule has 1 aromatic carbocycles. The zero-order valence-corrected chi connectivity index (χ0v) is 12.2. The summed E-state index contributed by atoms with van der Waals surface area (Å²) in [5, 5.41) is 3.36. The molecule has 2 unspecified atom stereocenters. The second-order valence-corrected chi connectivity index (χ2v) is 5.52. The lowest BCUT2D eigenvalue weighted by atomic mass is 9.98. The first-order valence-electron chi connectivity index (χ1n) is 7.12. The number of rotatable bonds is 6. The Morgan fingerprint density at radius 1 is 1.45 bits per heavy atom. The molecule has 0 amide bonds. The van der Waals surface area contributed by atoms with Crippen molar-refractivity contribution in [3.05, 3.63) is 35.9 Å². The van der Waals surface area contributed by atoms with Gasteiger partial charge in [0.05, 0.1) is 18.6 Å². The van der Waals surface area contributed by atoms with E-state index in [1.54, 1.807) is 0 Å². The van der Waals surface area contributed by atoms with Crippen molar-refractivity contribution < 1.29 is 14.3 Å². The molecule has 1 saturated heterocycles. The number of nitrogens with one attached hydrogen (secondary N) is 1. The van der Waals surface area contributed by atoms with E-state index in [0.29, 0.717) is 6.54 Å². The van der Waals surface area contributed by atoms with E-state index < -0.39 is 0 Å². The average Bonchev–Trinajstić information content (AvgIpc) is 2.91. The summed E-state index contributed by atoms with van der Waals surface area (Å²) >= 11 is 0. The van der Waals surface area contributed by atoms with Gasteiger partial charge >= 0.3 is 5.97 Å². The number of benzene rings is 1. The number of hydrogen-bond donors (Lipinski definition) is 1. The van der Waals surface area contributed by atoms with Gasteiger partial charge in [0.1, 0.15) is 0 Å². The minimum atomic E-state index is -0.272. The van der Waals surface area contributed by atoms with Crippen LogP contribution in [0.4, 0.5) is 0 Å². The zero-order valence-electron chi connectivity index (χ0n) is 12.2. The molecule has 1 heterocycles. The highest BCUT2D eigenvalue weighted by Crippen LogP contribution is 2.24. The third kappa shape index (κ3) is 3.81. The Labute approximate surface area is 120 Å². The molecule has 1 aliphatic heterocycles. The number of esters is 1. The molecule has 4 heteroatoms. The molecular weight excluding hydrogens is 254 g/mol. The first-order valence-corrected chi connectivity index (χ1v) is 7.12. The van der Waals surface area contributed by atoms with Crippen molar-refractivity contribution in [3.63, 3.8) is 0 Å². The van der Waals surface area contributed by atoms with Gasteiger partial charge in [0.15, 0.2) is 0 Å². The summed E-state index contributed by atoms with van der Waals surface area (Å²) in [5.41, 5.74) is 0.876. The maximum absolute atomic E-state index is 11.9. The summed E-state index contributed by atoms with van der Waals surface area (Å²) in [5.74, 6) is -0.479. The fraction of sp³-hybridized carbons (Fsp3) is 0.562. The van der Waals surface area contributed by atoms with Crippen LogP contribution in [0.15, 0.2) is 30.3 Å². The predicted octanol–water partition coefficient (Wildman–Crippen LogP) is 2.10. The van der Waals surface area contributed by atoms with Crippen LogP contribution < -0.4 is 5.32 Å². The van der Waals surface area contributed by atoms with Crippen LogP contribution in [0.3, 0.4) is 0 Å². The monoisotopic (exact) mass is 277 g/mol. The summed E-state index contributed by atoms with van der Waals surface area (Å²) in [6, 6.07) is 9.73. The number of hydrogen-bond acceptors (Lipinski definition) is 4. The van der Waals surface area contributed by atoms with Gasteiger partial charge in [0.25, 0.3) is 0 Å². The number of carbonyl (C=O) groups is 1. The summed E-state index contributed by atoms with van der Waals surface area (Å²) in [6.07, 6.45) is 2.17. The molecule has 110 valence electrons. The summed E-state index contributed by atoms with van der Waals surface area (Å²) < 4.78 is 10.6. The third-order valence-electron chi connectivity index (χ3n) is 3.84. The number of ether oxygens (including phenoxy) is 2. The van der Waals surface area contributed by atoms with E-state index in [4.69, 9.17) is 9.47 Å². The highest BCUT2D eigenvalue weighted by atomic mass is 16.5. The maximum atomic E-state index is 11.9. The molecule has 4 nitrogen and oxygen atoms in total. The smallest absolute Gasteiger partial charge is 0.314 e.